The zero-order valence-corrected chi connectivity index (χ0v) is 26.6. The number of sulfonamides is 1. The molecule has 12 nitrogen and oxygen atoms in total. The first-order valence-corrected chi connectivity index (χ1v) is 17.3. The number of fused-ring (bicyclic) bond motifs is 1. The Morgan fingerprint density at radius 3 is 2.59 bits per heavy atom. The maximum Gasteiger partial charge on any atom is 0.275 e. The number of aromatic nitrogens is 4. The third-order valence-electron chi connectivity index (χ3n) is 8.07. The van der Waals surface area contributed by atoms with Crippen molar-refractivity contribution in [1.29, 1.82) is 0 Å². The van der Waals surface area contributed by atoms with Gasteiger partial charge < -0.3 is 14.8 Å². The Hall–Kier alpha value is -3.59. The molecule has 0 bridgehead atoms. The molecule has 1 aromatic carbocycles. The molecule has 1 aliphatic carbocycles. The molecule has 3 aromatic heterocycles. The van der Waals surface area contributed by atoms with Crippen LogP contribution in [0.25, 0.3) is 22.0 Å². The molecule has 3 N–H and O–H groups in total. The maximum atomic E-state index is 13.3. The largest absolute Gasteiger partial charge is 0.480 e. The number of ether oxygens (including phenoxy) is 2. The third-order valence-corrected chi connectivity index (χ3v) is 10.8. The van der Waals surface area contributed by atoms with E-state index in [2.05, 4.69) is 49.0 Å². The van der Waals surface area contributed by atoms with Gasteiger partial charge in [-0.05, 0) is 50.5 Å². The summed E-state index contributed by atoms with van der Waals surface area (Å²) in [5, 5.41) is 13.1. The van der Waals surface area contributed by atoms with Gasteiger partial charge in [-0.2, -0.15) is 5.10 Å². The number of nitrogens with zero attached hydrogens (tertiary/aromatic N) is 4. The molecule has 44 heavy (non-hydrogen) atoms. The summed E-state index contributed by atoms with van der Waals surface area (Å²) < 4.78 is 40.3. The van der Waals surface area contributed by atoms with E-state index in [-0.39, 0.29) is 29.7 Å². The summed E-state index contributed by atoms with van der Waals surface area (Å²) in [6.07, 6.45) is 7.69. The van der Waals surface area contributed by atoms with Gasteiger partial charge in [-0.3, -0.25) is 19.5 Å². The van der Waals surface area contributed by atoms with Crippen molar-refractivity contribution in [3.63, 3.8) is 0 Å². The van der Waals surface area contributed by atoms with Crippen LogP contribution in [0.2, 0.25) is 0 Å². The second-order valence-corrected chi connectivity index (χ2v) is 14.5. The van der Waals surface area contributed by atoms with Gasteiger partial charge in [-0.15, -0.1) is 11.3 Å². The van der Waals surface area contributed by atoms with Crippen LogP contribution in [0.15, 0.2) is 36.0 Å². The van der Waals surface area contributed by atoms with Crippen molar-refractivity contribution < 1.29 is 22.7 Å². The molecular weight excluding hydrogens is 603 g/mol. The average Bonchev–Trinajstić information content (AvgIpc) is 3.67. The second kappa shape index (κ2) is 12.8. The van der Waals surface area contributed by atoms with E-state index < -0.39 is 15.3 Å². The number of carbonyl (C=O) groups excluding carboxylic acids is 1. The minimum atomic E-state index is -3.62. The molecular formula is C30H37N7O5S2. The van der Waals surface area contributed by atoms with Gasteiger partial charge in [0.05, 0.1) is 48.5 Å². The van der Waals surface area contributed by atoms with Gasteiger partial charge >= 0.3 is 0 Å². The molecule has 2 fully saturated rings. The standard InChI is InChI=1S/C30H37N7O5S2/c1-18-14-37(15-19(2)42-18)16-28-33-27(17-43-28)29(38)34-24-9-20(10-25-23(24)13-32-35-25)21-11-26(30(41-3)31-12-21)36-44(39,40)22-7-5-4-6-8-22/h9-13,17-19,22,36H,4-8,14-16H2,1-3H3,(H,32,35)(H,34,38)/t18-,19+. The van der Waals surface area contributed by atoms with Crippen LogP contribution in [-0.4, -0.2) is 77.0 Å². The summed E-state index contributed by atoms with van der Waals surface area (Å²) in [5.41, 5.74) is 3.20. The lowest BCUT2D eigenvalue weighted by Gasteiger charge is -2.34. The number of methoxy groups -OCH3 is 1. The van der Waals surface area contributed by atoms with Gasteiger partial charge in [0.1, 0.15) is 16.4 Å². The first kappa shape index (κ1) is 30.4. The number of thiazole rings is 1. The van der Waals surface area contributed by atoms with Crippen molar-refractivity contribution in [2.45, 2.75) is 70.0 Å². The summed E-state index contributed by atoms with van der Waals surface area (Å²) >= 11 is 1.46. The molecule has 2 atom stereocenters. The highest BCUT2D eigenvalue weighted by molar-refractivity contribution is 7.93. The number of rotatable bonds is 9. The van der Waals surface area contributed by atoms with Crippen molar-refractivity contribution in [2.24, 2.45) is 0 Å². The minimum Gasteiger partial charge on any atom is -0.480 e. The minimum absolute atomic E-state index is 0.153. The second-order valence-electron chi connectivity index (χ2n) is 11.6. The Kier molecular flexibility index (Phi) is 8.85. The number of hydrogen-bond donors (Lipinski definition) is 3. The number of pyridine rings is 1. The Morgan fingerprint density at radius 2 is 1.84 bits per heavy atom. The van der Waals surface area contributed by atoms with Crippen molar-refractivity contribution in [1.82, 2.24) is 25.1 Å². The molecule has 1 saturated heterocycles. The fraction of sp³-hybridized carbons (Fsp3) is 0.467. The van der Waals surface area contributed by atoms with E-state index in [0.29, 0.717) is 47.4 Å². The first-order chi connectivity index (χ1) is 21.2. The van der Waals surface area contributed by atoms with Gasteiger partial charge in [0.2, 0.25) is 15.9 Å². The van der Waals surface area contributed by atoms with E-state index in [0.717, 1.165) is 42.7 Å². The van der Waals surface area contributed by atoms with Crippen LogP contribution in [-0.2, 0) is 21.3 Å². The van der Waals surface area contributed by atoms with Gasteiger partial charge in [-0.25, -0.2) is 18.4 Å². The van der Waals surface area contributed by atoms with Crippen LogP contribution < -0.4 is 14.8 Å². The molecule has 1 aliphatic heterocycles. The van der Waals surface area contributed by atoms with Crippen molar-refractivity contribution in [2.75, 3.05) is 30.2 Å². The van der Waals surface area contributed by atoms with E-state index in [4.69, 9.17) is 9.47 Å². The Balaban J connectivity index is 1.23. The van der Waals surface area contributed by atoms with Crippen LogP contribution in [0.3, 0.4) is 0 Å². The molecule has 6 rings (SSSR count). The van der Waals surface area contributed by atoms with E-state index in [1.807, 2.05) is 12.1 Å². The Labute approximate surface area is 260 Å². The van der Waals surface area contributed by atoms with Crippen molar-refractivity contribution in [3.8, 4) is 17.0 Å². The predicted octanol–water partition coefficient (Wildman–Crippen LogP) is 5.03. The number of morpholine rings is 1. The molecule has 234 valence electrons. The fourth-order valence-corrected chi connectivity index (χ4v) is 8.45. The van der Waals surface area contributed by atoms with Gasteiger partial charge in [0.25, 0.3) is 5.91 Å². The predicted molar refractivity (Wildman–Crippen MR) is 171 cm³/mol. The van der Waals surface area contributed by atoms with Gasteiger partial charge in [0, 0.05) is 35.6 Å². The number of nitrogens with one attached hydrogen (secondary N) is 3. The monoisotopic (exact) mass is 639 g/mol. The lowest BCUT2D eigenvalue weighted by atomic mass is 10.0. The van der Waals surface area contributed by atoms with Crippen LogP contribution >= 0.6 is 11.3 Å². The van der Waals surface area contributed by atoms with Crippen molar-refractivity contribution >= 4 is 49.5 Å². The highest BCUT2D eigenvalue weighted by Gasteiger charge is 2.29. The van der Waals surface area contributed by atoms with E-state index in [1.54, 1.807) is 23.8 Å². The number of aromatic amines is 1. The molecule has 1 amide bonds. The number of carbonyl (C=O) groups is 1. The summed E-state index contributed by atoms with van der Waals surface area (Å²) in [5.74, 6) is -0.144. The summed E-state index contributed by atoms with van der Waals surface area (Å²) in [6, 6.07) is 5.41. The molecule has 4 heterocycles. The number of hydrogen-bond acceptors (Lipinski definition) is 10. The van der Waals surface area contributed by atoms with E-state index >= 15 is 0 Å². The molecule has 1 saturated carbocycles. The number of anilines is 2. The summed E-state index contributed by atoms with van der Waals surface area (Å²) in [7, 11) is -2.16. The smallest absolute Gasteiger partial charge is 0.275 e. The number of benzene rings is 1. The molecule has 4 aromatic rings. The zero-order chi connectivity index (χ0) is 30.8. The quantitative estimate of drug-likeness (QED) is 0.229. The fourth-order valence-electron chi connectivity index (χ4n) is 6.06. The van der Waals surface area contributed by atoms with Crippen LogP contribution in [0.5, 0.6) is 5.88 Å². The highest BCUT2D eigenvalue weighted by Crippen LogP contribution is 2.35. The summed E-state index contributed by atoms with van der Waals surface area (Å²) in [4.78, 5) is 24.6. The van der Waals surface area contributed by atoms with Gasteiger partial charge in [-0.1, -0.05) is 19.3 Å². The number of amides is 1. The van der Waals surface area contributed by atoms with Gasteiger partial charge in [0.15, 0.2) is 0 Å². The topological polar surface area (TPSA) is 151 Å². The molecule has 2 aliphatic rings. The molecule has 0 radical (unpaired) electrons. The molecule has 0 unspecified atom stereocenters. The lowest BCUT2D eigenvalue weighted by molar-refractivity contribution is -0.0705. The van der Waals surface area contributed by atoms with Crippen LogP contribution in [0.1, 0.15) is 61.4 Å². The summed E-state index contributed by atoms with van der Waals surface area (Å²) in [6.45, 7) is 6.43. The number of H-pyrrole nitrogens is 1. The zero-order valence-electron chi connectivity index (χ0n) is 25.0. The Morgan fingerprint density at radius 1 is 1.09 bits per heavy atom. The van der Waals surface area contributed by atoms with E-state index in [1.165, 1.54) is 18.4 Å². The SMILES string of the molecule is COc1ncc(-c2cc(NC(=O)c3csc(CN4C[C@@H](C)O[C@@H](C)C4)n3)c3cn[nH]c3c2)cc1NS(=O)(=O)C1CCCCC1. The highest BCUT2D eigenvalue weighted by atomic mass is 32.2. The van der Waals surface area contributed by atoms with Crippen LogP contribution in [0, 0.1) is 0 Å². The van der Waals surface area contributed by atoms with Crippen LogP contribution in [0.4, 0.5) is 11.4 Å². The first-order valence-electron chi connectivity index (χ1n) is 14.8. The molecule has 14 heteroatoms. The lowest BCUT2D eigenvalue weighted by Crippen LogP contribution is -2.44. The maximum absolute atomic E-state index is 13.3. The van der Waals surface area contributed by atoms with E-state index in [9.17, 15) is 13.2 Å². The molecule has 0 spiro atoms. The van der Waals surface area contributed by atoms with Crippen molar-refractivity contribution in [3.05, 3.63) is 46.7 Å². The normalized spacial score (nSPS) is 20.1. The third kappa shape index (κ3) is 6.72. The Bertz CT molecular complexity index is 1740. The average molecular weight is 640 g/mol.